The Morgan fingerprint density at radius 1 is 1.20 bits per heavy atom. The van der Waals surface area contributed by atoms with Gasteiger partial charge in [-0.05, 0) is 37.0 Å². The third-order valence-electron chi connectivity index (χ3n) is 4.35. The van der Waals surface area contributed by atoms with E-state index in [4.69, 9.17) is 14.7 Å². The molecule has 0 aliphatic heterocycles. The number of hydrogen-bond donors (Lipinski definition) is 0. The number of hydrogen-bond acceptors (Lipinski definition) is 6. The summed E-state index contributed by atoms with van der Waals surface area (Å²) in [5.74, 6) is 1.92. The van der Waals surface area contributed by atoms with Crippen LogP contribution in [0.4, 0.5) is 0 Å². The largest absolute Gasteiger partial charge is 0.435 e. The molecule has 0 radical (unpaired) electrons. The zero-order valence-electron chi connectivity index (χ0n) is 13.6. The van der Waals surface area contributed by atoms with E-state index in [2.05, 4.69) is 10.1 Å². The molecule has 1 aliphatic carbocycles. The van der Waals surface area contributed by atoms with Crippen molar-refractivity contribution in [3.8, 4) is 23.0 Å². The SMILES string of the molecule is Cn1cc(Oc2nc(-c3cccnc3)nc3sc4c(c23)CCC4)cn1. The normalized spacial score (nSPS) is 13.3. The number of thiophene rings is 1. The first-order valence-electron chi connectivity index (χ1n) is 8.17. The average Bonchev–Trinajstić information content (AvgIpc) is 3.31. The minimum Gasteiger partial charge on any atom is -0.435 e. The van der Waals surface area contributed by atoms with E-state index in [9.17, 15) is 0 Å². The van der Waals surface area contributed by atoms with Crippen molar-refractivity contribution in [1.29, 1.82) is 0 Å². The maximum absolute atomic E-state index is 6.11. The quantitative estimate of drug-likeness (QED) is 0.563. The fraction of sp³-hybridized carbons (Fsp3) is 0.222. The second kappa shape index (κ2) is 5.63. The molecule has 4 aromatic rings. The van der Waals surface area contributed by atoms with Gasteiger partial charge in [0.15, 0.2) is 11.6 Å². The second-order valence-electron chi connectivity index (χ2n) is 6.08. The highest BCUT2D eigenvalue weighted by molar-refractivity contribution is 7.19. The molecule has 0 bridgehead atoms. The number of nitrogens with zero attached hydrogens (tertiary/aromatic N) is 5. The van der Waals surface area contributed by atoms with Crippen molar-refractivity contribution in [2.24, 2.45) is 7.05 Å². The summed E-state index contributed by atoms with van der Waals surface area (Å²) in [6, 6.07) is 3.85. The lowest BCUT2D eigenvalue weighted by Gasteiger charge is -2.07. The van der Waals surface area contributed by atoms with Gasteiger partial charge in [-0.15, -0.1) is 11.3 Å². The molecule has 0 fully saturated rings. The zero-order valence-corrected chi connectivity index (χ0v) is 14.5. The van der Waals surface area contributed by atoms with E-state index in [0.29, 0.717) is 17.5 Å². The fourth-order valence-electron chi connectivity index (χ4n) is 3.22. The van der Waals surface area contributed by atoms with Crippen LogP contribution < -0.4 is 4.74 Å². The lowest BCUT2D eigenvalue weighted by atomic mass is 10.2. The van der Waals surface area contributed by atoms with Crippen LogP contribution in [0.15, 0.2) is 36.9 Å². The monoisotopic (exact) mass is 349 g/mol. The molecule has 4 aromatic heterocycles. The Bertz CT molecular complexity index is 1070. The Morgan fingerprint density at radius 3 is 2.96 bits per heavy atom. The summed E-state index contributed by atoms with van der Waals surface area (Å²) in [6.07, 6.45) is 10.4. The molecule has 0 unspecified atom stereocenters. The molecule has 0 aromatic carbocycles. The number of aryl methyl sites for hydroxylation is 3. The standard InChI is InChI=1S/C18H15N5OS/c1-23-10-12(9-20-23)24-17-15-13-5-2-6-14(13)25-18(15)22-16(21-17)11-4-3-7-19-8-11/h3-4,7-10H,2,5-6H2,1H3. The van der Waals surface area contributed by atoms with Crippen LogP contribution in [-0.2, 0) is 19.9 Å². The Morgan fingerprint density at radius 2 is 2.16 bits per heavy atom. The smallest absolute Gasteiger partial charge is 0.232 e. The van der Waals surface area contributed by atoms with Crippen LogP contribution >= 0.6 is 11.3 Å². The lowest BCUT2D eigenvalue weighted by molar-refractivity contribution is 0.468. The highest BCUT2D eigenvalue weighted by atomic mass is 32.1. The van der Waals surface area contributed by atoms with Crippen molar-refractivity contribution in [3.05, 3.63) is 47.4 Å². The first kappa shape index (κ1) is 14.5. The molecule has 0 amide bonds. The Hall–Kier alpha value is -2.80. The molecule has 0 atom stereocenters. The van der Waals surface area contributed by atoms with Gasteiger partial charge in [0.25, 0.3) is 0 Å². The number of fused-ring (bicyclic) bond motifs is 3. The molecule has 4 heterocycles. The summed E-state index contributed by atoms with van der Waals surface area (Å²) < 4.78 is 7.83. The molecule has 0 saturated heterocycles. The van der Waals surface area contributed by atoms with E-state index in [1.807, 2.05) is 25.4 Å². The van der Waals surface area contributed by atoms with Crippen molar-refractivity contribution < 1.29 is 4.74 Å². The van der Waals surface area contributed by atoms with Crippen molar-refractivity contribution in [2.45, 2.75) is 19.3 Å². The van der Waals surface area contributed by atoms with Crippen molar-refractivity contribution in [2.75, 3.05) is 0 Å². The Kier molecular flexibility index (Phi) is 3.27. The van der Waals surface area contributed by atoms with Crippen LogP contribution in [0.3, 0.4) is 0 Å². The van der Waals surface area contributed by atoms with Gasteiger partial charge in [0.2, 0.25) is 5.88 Å². The van der Waals surface area contributed by atoms with Crippen molar-refractivity contribution in [3.63, 3.8) is 0 Å². The molecule has 6 nitrogen and oxygen atoms in total. The molecule has 124 valence electrons. The first-order valence-corrected chi connectivity index (χ1v) is 8.99. The topological polar surface area (TPSA) is 65.7 Å². The van der Waals surface area contributed by atoms with Gasteiger partial charge < -0.3 is 4.74 Å². The highest BCUT2D eigenvalue weighted by Crippen LogP contribution is 2.42. The van der Waals surface area contributed by atoms with E-state index in [0.717, 1.165) is 28.6 Å². The zero-order chi connectivity index (χ0) is 16.8. The van der Waals surface area contributed by atoms with Crippen LogP contribution in [0.1, 0.15) is 16.9 Å². The van der Waals surface area contributed by atoms with Crippen LogP contribution in [0.5, 0.6) is 11.6 Å². The summed E-state index contributed by atoms with van der Waals surface area (Å²) >= 11 is 1.75. The third kappa shape index (κ3) is 2.47. The molecular weight excluding hydrogens is 334 g/mol. The van der Waals surface area contributed by atoms with Crippen LogP contribution in [-0.4, -0.2) is 24.7 Å². The summed E-state index contributed by atoms with van der Waals surface area (Å²) in [5, 5.41) is 5.22. The molecule has 0 N–H and O–H groups in total. The Labute approximate surface area is 148 Å². The molecule has 1 aliphatic rings. The maximum Gasteiger partial charge on any atom is 0.232 e. The van der Waals surface area contributed by atoms with Gasteiger partial charge in [0.1, 0.15) is 4.83 Å². The van der Waals surface area contributed by atoms with Gasteiger partial charge in [-0.25, -0.2) is 4.98 Å². The Balaban J connectivity index is 1.71. The number of pyridine rings is 1. The number of ether oxygens (including phenoxy) is 1. The van der Waals surface area contributed by atoms with Gasteiger partial charge in [-0.3, -0.25) is 9.67 Å². The minimum atomic E-state index is 0.608. The summed E-state index contributed by atoms with van der Waals surface area (Å²) in [6.45, 7) is 0. The molecular formula is C18H15N5OS. The number of rotatable bonds is 3. The van der Waals surface area contributed by atoms with Gasteiger partial charge >= 0.3 is 0 Å². The third-order valence-corrected chi connectivity index (χ3v) is 5.53. The van der Waals surface area contributed by atoms with Crippen molar-refractivity contribution >= 4 is 21.6 Å². The van der Waals surface area contributed by atoms with E-state index in [-0.39, 0.29) is 0 Å². The molecule has 5 rings (SSSR count). The molecule has 7 heteroatoms. The van der Waals surface area contributed by atoms with Gasteiger partial charge in [0.05, 0.1) is 17.8 Å². The predicted octanol–water partition coefficient (Wildman–Crippen LogP) is 3.77. The van der Waals surface area contributed by atoms with Gasteiger partial charge in [-0.1, -0.05) is 0 Å². The lowest BCUT2D eigenvalue weighted by Crippen LogP contribution is -1.95. The van der Waals surface area contributed by atoms with Crippen molar-refractivity contribution in [1.82, 2.24) is 24.7 Å². The van der Waals surface area contributed by atoms with Crippen LogP contribution in [0, 0.1) is 0 Å². The van der Waals surface area contributed by atoms with Gasteiger partial charge in [0, 0.05) is 29.9 Å². The highest BCUT2D eigenvalue weighted by Gasteiger charge is 2.24. The summed E-state index contributed by atoms with van der Waals surface area (Å²) in [4.78, 5) is 16.1. The molecule has 25 heavy (non-hydrogen) atoms. The van der Waals surface area contributed by atoms with E-state index < -0.39 is 0 Å². The second-order valence-corrected chi connectivity index (χ2v) is 7.17. The maximum atomic E-state index is 6.11. The summed E-state index contributed by atoms with van der Waals surface area (Å²) in [7, 11) is 1.87. The minimum absolute atomic E-state index is 0.608. The average molecular weight is 349 g/mol. The van der Waals surface area contributed by atoms with Gasteiger partial charge in [-0.2, -0.15) is 10.1 Å². The van der Waals surface area contributed by atoms with Crippen LogP contribution in [0.25, 0.3) is 21.6 Å². The first-order chi connectivity index (χ1) is 12.3. The molecule has 0 saturated carbocycles. The predicted molar refractivity (Wildman–Crippen MR) is 96.0 cm³/mol. The van der Waals surface area contributed by atoms with E-state index in [1.165, 1.54) is 16.9 Å². The number of aromatic nitrogens is 5. The van der Waals surface area contributed by atoms with Crippen LogP contribution in [0.2, 0.25) is 0 Å². The van der Waals surface area contributed by atoms with E-state index >= 15 is 0 Å². The fourth-order valence-corrected chi connectivity index (χ4v) is 4.48. The molecule has 0 spiro atoms. The van der Waals surface area contributed by atoms with E-state index in [1.54, 1.807) is 34.6 Å². The summed E-state index contributed by atoms with van der Waals surface area (Å²) in [5.41, 5.74) is 2.23.